The molecule has 0 saturated carbocycles. The largest absolute Gasteiger partial charge is 0.469 e. The summed E-state index contributed by atoms with van der Waals surface area (Å²) in [7, 11) is 0. The maximum absolute atomic E-state index is 12.0. The lowest BCUT2D eigenvalue weighted by molar-refractivity contribution is -0.121. The van der Waals surface area contributed by atoms with Gasteiger partial charge in [0.15, 0.2) is 5.96 Å². The summed E-state index contributed by atoms with van der Waals surface area (Å²) in [4.78, 5) is 16.4. The third-order valence-corrected chi connectivity index (χ3v) is 3.69. The van der Waals surface area contributed by atoms with Crippen LogP contribution in [-0.2, 0) is 17.6 Å². The van der Waals surface area contributed by atoms with E-state index in [1.54, 1.807) is 6.26 Å². The molecule has 0 radical (unpaired) electrons. The van der Waals surface area contributed by atoms with Crippen LogP contribution in [0.1, 0.15) is 32.1 Å². The van der Waals surface area contributed by atoms with Gasteiger partial charge in [0.1, 0.15) is 12.3 Å². The van der Waals surface area contributed by atoms with Crippen molar-refractivity contribution in [1.29, 1.82) is 0 Å². The highest BCUT2D eigenvalue weighted by Gasteiger charge is 2.13. The maximum Gasteiger partial charge on any atom is 0.242 e. The van der Waals surface area contributed by atoms with Crippen LogP contribution in [0.25, 0.3) is 0 Å². The molecule has 3 N–H and O–H groups in total. The zero-order chi connectivity index (χ0) is 19.5. The molecular formula is C21H30N4O2. The number of aliphatic imine (C=N–C) groups is 1. The minimum atomic E-state index is -0.264. The summed E-state index contributed by atoms with van der Waals surface area (Å²) in [5, 5.41) is 9.47. The molecule has 0 saturated heterocycles. The molecular weight excluding hydrogens is 340 g/mol. The van der Waals surface area contributed by atoms with E-state index in [-0.39, 0.29) is 18.0 Å². The van der Waals surface area contributed by atoms with Gasteiger partial charge in [-0.05, 0) is 44.9 Å². The summed E-state index contributed by atoms with van der Waals surface area (Å²) < 4.78 is 5.34. The molecule has 1 amide bonds. The Morgan fingerprint density at radius 2 is 1.70 bits per heavy atom. The van der Waals surface area contributed by atoms with Crippen molar-refractivity contribution in [3.05, 3.63) is 60.1 Å². The summed E-state index contributed by atoms with van der Waals surface area (Å²) in [5.74, 6) is 1.44. The predicted molar refractivity (Wildman–Crippen MR) is 109 cm³/mol. The molecule has 1 heterocycles. The minimum absolute atomic E-state index is 0.0820. The summed E-state index contributed by atoms with van der Waals surface area (Å²) in [5.41, 5.74) is 0.991. The van der Waals surface area contributed by atoms with Gasteiger partial charge in [0.05, 0.1) is 6.26 Å². The first-order valence-corrected chi connectivity index (χ1v) is 9.32. The molecule has 0 aliphatic carbocycles. The monoisotopic (exact) mass is 370 g/mol. The molecule has 2 rings (SSSR count). The van der Waals surface area contributed by atoms with Crippen molar-refractivity contribution in [2.24, 2.45) is 4.99 Å². The Kier molecular flexibility index (Phi) is 7.92. The summed E-state index contributed by atoms with van der Waals surface area (Å²) >= 11 is 0. The van der Waals surface area contributed by atoms with E-state index in [1.165, 1.54) is 5.56 Å². The molecule has 27 heavy (non-hydrogen) atoms. The zero-order valence-electron chi connectivity index (χ0n) is 16.4. The van der Waals surface area contributed by atoms with Crippen LogP contribution in [0.4, 0.5) is 0 Å². The van der Waals surface area contributed by atoms with Gasteiger partial charge in [0.25, 0.3) is 0 Å². The standard InChI is InChI=1S/C21H30N4O2/c1-21(2,3)25-19(26)16-24-20(23-14-12-18-10-7-15-27-18)22-13-11-17-8-5-4-6-9-17/h4-10,15H,11-14,16H2,1-3H3,(H,25,26)(H2,22,23,24). The third-order valence-electron chi connectivity index (χ3n) is 3.69. The number of carbonyl (C=O) groups is 1. The highest BCUT2D eigenvalue weighted by Crippen LogP contribution is 2.00. The molecule has 146 valence electrons. The first-order valence-electron chi connectivity index (χ1n) is 9.32. The molecule has 0 unspecified atom stereocenters. The second-order valence-electron chi connectivity index (χ2n) is 7.38. The van der Waals surface area contributed by atoms with Crippen molar-refractivity contribution in [1.82, 2.24) is 16.0 Å². The van der Waals surface area contributed by atoms with Crippen molar-refractivity contribution in [2.45, 2.75) is 39.2 Å². The van der Waals surface area contributed by atoms with Crippen LogP contribution in [0.3, 0.4) is 0 Å². The van der Waals surface area contributed by atoms with E-state index in [1.807, 2.05) is 51.1 Å². The Hall–Kier alpha value is -2.76. The van der Waals surface area contributed by atoms with Gasteiger partial charge in [0, 0.05) is 25.0 Å². The predicted octanol–water partition coefficient (Wildman–Crippen LogP) is 2.51. The van der Waals surface area contributed by atoms with Gasteiger partial charge in [-0.25, -0.2) is 4.99 Å². The Labute approximate surface area is 161 Å². The molecule has 0 atom stereocenters. The lowest BCUT2D eigenvalue weighted by Crippen LogP contribution is -2.43. The maximum atomic E-state index is 12.0. The van der Waals surface area contributed by atoms with Crippen LogP contribution in [0.15, 0.2) is 58.1 Å². The number of guanidine groups is 1. The first kappa shape index (κ1) is 20.6. The third kappa shape index (κ3) is 8.94. The summed E-state index contributed by atoms with van der Waals surface area (Å²) in [6.45, 7) is 7.35. The van der Waals surface area contributed by atoms with E-state index in [4.69, 9.17) is 4.42 Å². The number of rotatable bonds is 8. The fourth-order valence-electron chi connectivity index (χ4n) is 2.51. The quantitative estimate of drug-likeness (QED) is 0.493. The van der Waals surface area contributed by atoms with Crippen molar-refractivity contribution in [3.63, 3.8) is 0 Å². The van der Waals surface area contributed by atoms with Gasteiger partial charge in [-0.2, -0.15) is 0 Å². The fraction of sp³-hybridized carbons (Fsp3) is 0.429. The molecule has 0 spiro atoms. The van der Waals surface area contributed by atoms with E-state index in [0.717, 1.165) is 25.1 Å². The number of carbonyl (C=O) groups excluding carboxylic acids is 1. The molecule has 6 heteroatoms. The average Bonchev–Trinajstić information content (AvgIpc) is 3.12. The first-order chi connectivity index (χ1) is 12.9. The number of nitrogens with one attached hydrogen (secondary N) is 3. The highest BCUT2D eigenvalue weighted by atomic mass is 16.3. The minimum Gasteiger partial charge on any atom is -0.469 e. The van der Waals surface area contributed by atoms with Gasteiger partial charge < -0.3 is 20.4 Å². The SMILES string of the molecule is CC(C)(C)NC(=O)CN=C(NCCc1ccccc1)NCCc1ccco1. The molecule has 1 aromatic heterocycles. The molecule has 6 nitrogen and oxygen atoms in total. The normalized spacial score (nSPS) is 11.9. The topological polar surface area (TPSA) is 78.7 Å². The fourth-order valence-corrected chi connectivity index (χ4v) is 2.51. The number of benzene rings is 1. The summed E-state index contributed by atoms with van der Waals surface area (Å²) in [6, 6.07) is 14.1. The van der Waals surface area contributed by atoms with Gasteiger partial charge in [-0.1, -0.05) is 30.3 Å². The molecule has 2 aromatic rings. The summed E-state index contributed by atoms with van der Waals surface area (Å²) in [6.07, 6.45) is 3.30. The van der Waals surface area contributed by atoms with Crippen LogP contribution in [0.5, 0.6) is 0 Å². The number of amides is 1. The van der Waals surface area contributed by atoms with Crippen LogP contribution in [-0.4, -0.2) is 37.0 Å². The van der Waals surface area contributed by atoms with E-state index in [0.29, 0.717) is 12.5 Å². The second-order valence-corrected chi connectivity index (χ2v) is 7.38. The lowest BCUT2D eigenvalue weighted by atomic mass is 10.1. The van der Waals surface area contributed by atoms with Gasteiger partial charge in [-0.3, -0.25) is 4.79 Å². The Balaban J connectivity index is 1.85. The lowest BCUT2D eigenvalue weighted by Gasteiger charge is -2.20. The van der Waals surface area contributed by atoms with Crippen LogP contribution in [0, 0.1) is 0 Å². The second kappa shape index (κ2) is 10.4. The molecule has 1 aromatic carbocycles. The number of furan rings is 1. The Morgan fingerprint density at radius 1 is 1.00 bits per heavy atom. The van der Waals surface area contributed by atoms with Gasteiger partial charge >= 0.3 is 0 Å². The van der Waals surface area contributed by atoms with Crippen LogP contribution in [0.2, 0.25) is 0 Å². The van der Waals surface area contributed by atoms with Crippen LogP contribution < -0.4 is 16.0 Å². The molecule has 0 fully saturated rings. The van der Waals surface area contributed by atoms with E-state index < -0.39 is 0 Å². The number of hydrogen-bond donors (Lipinski definition) is 3. The van der Waals surface area contributed by atoms with Crippen molar-refractivity contribution >= 4 is 11.9 Å². The highest BCUT2D eigenvalue weighted by molar-refractivity contribution is 5.85. The van der Waals surface area contributed by atoms with Gasteiger partial charge in [-0.15, -0.1) is 0 Å². The smallest absolute Gasteiger partial charge is 0.242 e. The number of nitrogens with zero attached hydrogens (tertiary/aromatic N) is 1. The van der Waals surface area contributed by atoms with Crippen molar-refractivity contribution < 1.29 is 9.21 Å². The molecule has 0 aliphatic heterocycles. The van der Waals surface area contributed by atoms with E-state index >= 15 is 0 Å². The van der Waals surface area contributed by atoms with Crippen LogP contribution >= 0.6 is 0 Å². The molecule has 0 bridgehead atoms. The Bertz CT molecular complexity index is 704. The van der Waals surface area contributed by atoms with E-state index in [9.17, 15) is 4.79 Å². The van der Waals surface area contributed by atoms with Crippen molar-refractivity contribution in [2.75, 3.05) is 19.6 Å². The van der Waals surface area contributed by atoms with Gasteiger partial charge in [0.2, 0.25) is 5.91 Å². The van der Waals surface area contributed by atoms with E-state index in [2.05, 4.69) is 33.1 Å². The number of hydrogen-bond acceptors (Lipinski definition) is 3. The Morgan fingerprint density at radius 3 is 2.33 bits per heavy atom. The zero-order valence-corrected chi connectivity index (χ0v) is 16.4. The molecule has 0 aliphatic rings. The average molecular weight is 370 g/mol. The van der Waals surface area contributed by atoms with Crippen molar-refractivity contribution in [3.8, 4) is 0 Å².